The summed E-state index contributed by atoms with van der Waals surface area (Å²) in [6, 6.07) is 9.94. The number of aliphatic hydroxyl groups is 1. The van der Waals surface area contributed by atoms with E-state index in [4.69, 9.17) is 21.1 Å². The van der Waals surface area contributed by atoms with Crippen LogP contribution in [0.15, 0.2) is 36.4 Å². The van der Waals surface area contributed by atoms with E-state index in [1.165, 1.54) is 6.92 Å². The lowest BCUT2D eigenvalue weighted by molar-refractivity contribution is -0.136. The average molecular weight is 391 g/mol. The lowest BCUT2D eigenvalue weighted by atomic mass is 9.95. The number of ether oxygens (including phenoxy) is 2. The molecule has 0 spiro atoms. The van der Waals surface area contributed by atoms with E-state index in [1.807, 2.05) is 6.92 Å². The lowest BCUT2D eigenvalue weighted by Crippen LogP contribution is -2.43. The molecule has 3 N–H and O–H groups in total. The maximum Gasteiger partial charge on any atom is 0.313 e. The predicted octanol–water partition coefficient (Wildman–Crippen LogP) is 2.34. The standard InChI is InChI=1S/C19H19ClN2O5/c1-11-3-5-13(8-14(11)20)22-18(24)17(23)21-9-19(2,25)12-4-6-15-16(7-12)27-10-26-15/h3-8,25H,9-10H2,1-2H3,(H,21,23)(H,22,24). The van der Waals surface area contributed by atoms with Crippen LogP contribution in [0.3, 0.4) is 0 Å². The highest BCUT2D eigenvalue weighted by Gasteiger charge is 2.27. The smallest absolute Gasteiger partial charge is 0.313 e. The van der Waals surface area contributed by atoms with Gasteiger partial charge in [-0.2, -0.15) is 0 Å². The van der Waals surface area contributed by atoms with Crippen LogP contribution in [0.5, 0.6) is 11.5 Å². The molecule has 1 atom stereocenters. The van der Waals surface area contributed by atoms with E-state index in [9.17, 15) is 14.7 Å². The molecule has 0 bridgehead atoms. The summed E-state index contributed by atoms with van der Waals surface area (Å²) in [5.74, 6) is -0.605. The highest BCUT2D eigenvalue weighted by atomic mass is 35.5. The molecule has 1 aliphatic rings. The summed E-state index contributed by atoms with van der Waals surface area (Å²) in [7, 11) is 0. The van der Waals surface area contributed by atoms with Gasteiger partial charge in [0.25, 0.3) is 0 Å². The molecular weight excluding hydrogens is 372 g/mol. The zero-order valence-corrected chi connectivity index (χ0v) is 15.6. The van der Waals surface area contributed by atoms with E-state index in [2.05, 4.69) is 10.6 Å². The zero-order chi connectivity index (χ0) is 19.6. The van der Waals surface area contributed by atoms with Gasteiger partial charge >= 0.3 is 11.8 Å². The van der Waals surface area contributed by atoms with Gasteiger partial charge in [0.1, 0.15) is 5.60 Å². The number of carbonyl (C=O) groups is 2. The third-order valence-electron chi connectivity index (χ3n) is 4.22. The Bertz CT molecular complexity index is 898. The third kappa shape index (κ3) is 4.32. The Hall–Kier alpha value is -2.77. The molecule has 2 amide bonds. The second-order valence-electron chi connectivity index (χ2n) is 6.44. The van der Waals surface area contributed by atoms with Crippen LogP contribution in [-0.2, 0) is 15.2 Å². The summed E-state index contributed by atoms with van der Waals surface area (Å²) in [5.41, 5.74) is 0.398. The molecule has 8 heteroatoms. The summed E-state index contributed by atoms with van der Waals surface area (Å²) >= 11 is 6.00. The van der Waals surface area contributed by atoms with Gasteiger partial charge in [-0.3, -0.25) is 9.59 Å². The number of nitrogens with one attached hydrogen (secondary N) is 2. The summed E-state index contributed by atoms with van der Waals surface area (Å²) in [5, 5.41) is 16.0. The topological polar surface area (TPSA) is 96.9 Å². The van der Waals surface area contributed by atoms with Crippen molar-refractivity contribution < 1.29 is 24.2 Å². The number of aryl methyl sites for hydroxylation is 1. The molecular formula is C19H19ClN2O5. The van der Waals surface area contributed by atoms with Crippen molar-refractivity contribution in [3.8, 4) is 11.5 Å². The fourth-order valence-electron chi connectivity index (χ4n) is 2.52. The van der Waals surface area contributed by atoms with Crippen LogP contribution in [0.2, 0.25) is 5.02 Å². The molecule has 3 rings (SSSR count). The van der Waals surface area contributed by atoms with Gasteiger partial charge in [0.2, 0.25) is 6.79 Å². The van der Waals surface area contributed by atoms with Gasteiger partial charge in [-0.1, -0.05) is 23.7 Å². The van der Waals surface area contributed by atoms with Crippen molar-refractivity contribution in [2.45, 2.75) is 19.4 Å². The van der Waals surface area contributed by atoms with Gasteiger partial charge in [-0.05, 0) is 49.2 Å². The molecule has 7 nitrogen and oxygen atoms in total. The van der Waals surface area contributed by atoms with Crippen molar-refractivity contribution in [3.05, 3.63) is 52.5 Å². The van der Waals surface area contributed by atoms with Gasteiger partial charge in [0, 0.05) is 10.7 Å². The molecule has 0 aliphatic carbocycles. The quantitative estimate of drug-likeness (QED) is 0.696. The number of benzene rings is 2. The number of anilines is 1. The van der Waals surface area contributed by atoms with E-state index >= 15 is 0 Å². The fraction of sp³-hybridized carbons (Fsp3) is 0.263. The molecule has 27 heavy (non-hydrogen) atoms. The molecule has 0 aromatic heterocycles. The number of hydrogen-bond donors (Lipinski definition) is 3. The molecule has 0 radical (unpaired) electrons. The molecule has 1 unspecified atom stereocenters. The largest absolute Gasteiger partial charge is 0.454 e. The number of hydrogen-bond acceptors (Lipinski definition) is 5. The summed E-state index contributed by atoms with van der Waals surface area (Å²) in [6.45, 7) is 3.33. The molecule has 1 aliphatic heterocycles. The third-order valence-corrected chi connectivity index (χ3v) is 4.63. The number of amides is 2. The average Bonchev–Trinajstić information content (AvgIpc) is 3.10. The van der Waals surface area contributed by atoms with Gasteiger partial charge in [-0.25, -0.2) is 0 Å². The van der Waals surface area contributed by atoms with Gasteiger partial charge in [0.05, 0.1) is 6.54 Å². The van der Waals surface area contributed by atoms with Crippen molar-refractivity contribution >= 4 is 29.1 Å². The van der Waals surface area contributed by atoms with E-state index < -0.39 is 17.4 Å². The Morgan fingerprint density at radius 1 is 1.15 bits per heavy atom. The zero-order valence-electron chi connectivity index (χ0n) is 14.8. The molecule has 0 saturated carbocycles. The van der Waals surface area contributed by atoms with Crippen LogP contribution < -0.4 is 20.1 Å². The van der Waals surface area contributed by atoms with Crippen LogP contribution in [0, 0.1) is 6.92 Å². The summed E-state index contributed by atoms with van der Waals surface area (Å²) < 4.78 is 10.5. The molecule has 0 saturated heterocycles. The highest BCUT2D eigenvalue weighted by molar-refractivity contribution is 6.39. The van der Waals surface area contributed by atoms with E-state index in [0.29, 0.717) is 27.8 Å². The summed E-state index contributed by atoms with van der Waals surface area (Å²) in [6.07, 6.45) is 0. The minimum atomic E-state index is -1.40. The van der Waals surface area contributed by atoms with E-state index in [1.54, 1.807) is 36.4 Å². The fourth-order valence-corrected chi connectivity index (χ4v) is 2.71. The molecule has 0 fully saturated rings. The Morgan fingerprint density at radius 2 is 1.89 bits per heavy atom. The van der Waals surface area contributed by atoms with Gasteiger partial charge in [-0.15, -0.1) is 0 Å². The normalized spacial score (nSPS) is 14.4. The first-order chi connectivity index (χ1) is 12.8. The van der Waals surface area contributed by atoms with Crippen LogP contribution in [-0.4, -0.2) is 30.3 Å². The number of rotatable bonds is 4. The number of fused-ring (bicyclic) bond motifs is 1. The van der Waals surface area contributed by atoms with Gasteiger partial charge < -0.3 is 25.2 Å². The highest BCUT2D eigenvalue weighted by Crippen LogP contribution is 2.35. The van der Waals surface area contributed by atoms with Crippen molar-refractivity contribution in [1.82, 2.24) is 5.32 Å². The van der Waals surface area contributed by atoms with Crippen molar-refractivity contribution in [1.29, 1.82) is 0 Å². The molecule has 142 valence electrons. The van der Waals surface area contributed by atoms with Crippen molar-refractivity contribution in [2.24, 2.45) is 0 Å². The van der Waals surface area contributed by atoms with E-state index in [-0.39, 0.29) is 13.3 Å². The van der Waals surface area contributed by atoms with Gasteiger partial charge in [0.15, 0.2) is 11.5 Å². The Balaban J connectivity index is 1.60. The monoisotopic (exact) mass is 390 g/mol. The summed E-state index contributed by atoms with van der Waals surface area (Å²) in [4.78, 5) is 24.1. The first-order valence-corrected chi connectivity index (χ1v) is 8.62. The maximum atomic E-state index is 12.1. The minimum Gasteiger partial charge on any atom is -0.454 e. The predicted molar refractivity (Wildman–Crippen MR) is 100.0 cm³/mol. The molecule has 2 aromatic carbocycles. The Kier molecular flexibility index (Phi) is 5.25. The minimum absolute atomic E-state index is 0.126. The van der Waals surface area contributed by atoms with Crippen LogP contribution >= 0.6 is 11.6 Å². The molecule has 1 heterocycles. The first-order valence-electron chi connectivity index (χ1n) is 8.24. The second kappa shape index (κ2) is 7.46. The SMILES string of the molecule is Cc1ccc(NC(=O)C(=O)NCC(C)(O)c2ccc3c(c2)OCO3)cc1Cl. The second-order valence-corrected chi connectivity index (χ2v) is 6.85. The lowest BCUT2D eigenvalue weighted by Gasteiger charge is -2.24. The Morgan fingerprint density at radius 3 is 2.63 bits per heavy atom. The van der Waals surface area contributed by atoms with Crippen molar-refractivity contribution in [3.63, 3.8) is 0 Å². The first kappa shape index (κ1) is 19.0. The Labute approximate surface area is 161 Å². The number of halogens is 1. The van der Waals surface area contributed by atoms with E-state index in [0.717, 1.165) is 5.56 Å². The van der Waals surface area contributed by atoms with Crippen molar-refractivity contribution in [2.75, 3.05) is 18.7 Å². The van der Waals surface area contributed by atoms with Crippen LogP contribution in [0.1, 0.15) is 18.1 Å². The van der Waals surface area contributed by atoms with Crippen LogP contribution in [0.4, 0.5) is 5.69 Å². The molecule has 2 aromatic rings. The maximum absolute atomic E-state index is 12.1. The number of carbonyl (C=O) groups excluding carboxylic acids is 2. The van der Waals surface area contributed by atoms with Crippen LogP contribution in [0.25, 0.3) is 0 Å².